The summed E-state index contributed by atoms with van der Waals surface area (Å²) in [4.78, 5) is 48.2. The van der Waals surface area contributed by atoms with Crippen molar-refractivity contribution in [2.45, 2.75) is 46.2 Å². The van der Waals surface area contributed by atoms with E-state index in [4.69, 9.17) is 0 Å². The number of H-pyrrole nitrogens is 1. The van der Waals surface area contributed by atoms with Gasteiger partial charge in [-0.3, -0.25) is 19.1 Å². The molecule has 0 aliphatic heterocycles. The minimum absolute atomic E-state index is 0.200. The Labute approximate surface area is 190 Å². The topological polar surface area (TPSA) is 115 Å². The average molecular weight is 447 g/mol. The number of hydrogen-bond donors (Lipinski definition) is 2. The van der Waals surface area contributed by atoms with Gasteiger partial charge in [-0.1, -0.05) is 32.9 Å². The summed E-state index contributed by atoms with van der Waals surface area (Å²) in [6.07, 6.45) is 5.82. The first kappa shape index (κ1) is 22.2. The molecule has 1 amide bonds. The Hall–Kier alpha value is -4.01. The molecular formula is C24H26N6O3. The first-order valence-electron chi connectivity index (χ1n) is 10.9. The second kappa shape index (κ2) is 9.23. The highest BCUT2D eigenvalue weighted by Crippen LogP contribution is 2.17. The fraction of sp³-hybridized carbons (Fsp3) is 0.292. The van der Waals surface area contributed by atoms with Crippen LogP contribution in [0.2, 0.25) is 0 Å². The van der Waals surface area contributed by atoms with Crippen LogP contribution in [-0.2, 0) is 13.1 Å². The van der Waals surface area contributed by atoms with Gasteiger partial charge in [0.05, 0.1) is 10.9 Å². The van der Waals surface area contributed by atoms with E-state index in [1.807, 2.05) is 31.3 Å². The average Bonchev–Trinajstić information content (AvgIpc) is 3.25. The zero-order valence-corrected chi connectivity index (χ0v) is 18.8. The van der Waals surface area contributed by atoms with Gasteiger partial charge in [-0.05, 0) is 30.2 Å². The summed E-state index contributed by atoms with van der Waals surface area (Å²) in [5, 5.41) is 3.07. The number of imidazole rings is 1. The van der Waals surface area contributed by atoms with Gasteiger partial charge >= 0.3 is 5.69 Å². The molecule has 0 saturated heterocycles. The Morgan fingerprint density at radius 2 is 2.00 bits per heavy atom. The van der Waals surface area contributed by atoms with E-state index in [1.165, 1.54) is 16.8 Å². The van der Waals surface area contributed by atoms with Gasteiger partial charge in [0.15, 0.2) is 0 Å². The molecule has 3 aromatic heterocycles. The predicted molar refractivity (Wildman–Crippen MR) is 127 cm³/mol. The van der Waals surface area contributed by atoms with Crippen LogP contribution in [0, 0.1) is 0 Å². The molecule has 0 radical (unpaired) electrons. The number of rotatable bonds is 7. The van der Waals surface area contributed by atoms with Crippen LogP contribution in [0.1, 0.15) is 54.9 Å². The second-order valence-electron chi connectivity index (χ2n) is 8.23. The van der Waals surface area contributed by atoms with Crippen LogP contribution in [-0.4, -0.2) is 30.0 Å². The molecule has 0 atom stereocenters. The molecule has 4 rings (SSSR count). The van der Waals surface area contributed by atoms with Crippen molar-refractivity contribution in [3.05, 3.63) is 86.7 Å². The van der Waals surface area contributed by atoms with E-state index in [9.17, 15) is 14.4 Å². The minimum atomic E-state index is -0.562. The predicted octanol–water partition coefficient (Wildman–Crippen LogP) is 3.12. The monoisotopic (exact) mass is 446 g/mol. The summed E-state index contributed by atoms with van der Waals surface area (Å²) in [5.74, 6) is 0.915. The Balaban J connectivity index is 1.58. The molecule has 9 heteroatoms. The molecule has 0 saturated carbocycles. The number of nitrogens with zero attached hydrogens (tertiary/aromatic N) is 4. The number of carbonyl (C=O) groups excluding carboxylic acids is 1. The molecule has 33 heavy (non-hydrogen) atoms. The molecule has 0 unspecified atom stereocenters. The summed E-state index contributed by atoms with van der Waals surface area (Å²) in [6.45, 7) is 7.18. The SMILES string of the molecule is CCCn1c(=O)[nH]c(=O)c2cc(C(=O)Nc3cccc(Cn4ccnc4C(C)C)c3)cnc21. The van der Waals surface area contributed by atoms with Gasteiger partial charge in [0.25, 0.3) is 11.5 Å². The number of amides is 1. The summed E-state index contributed by atoms with van der Waals surface area (Å²) in [6, 6.07) is 9.04. The van der Waals surface area contributed by atoms with E-state index in [0.29, 0.717) is 31.1 Å². The van der Waals surface area contributed by atoms with Crippen molar-refractivity contribution in [1.29, 1.82) is 0 Å². The molecule has 0 bridgehead atoms. The molecule has 2 N–H and O–H groups in total. The molecule has 0 aliphatic rings. The van der Waals surface area contributed by atoms with Crippen molar-refractivity contribution in [3.63, 3.8) is 0 Å². The normalized spacial score (nSPS) is 11.3. The van der Waals surface area contributed by atoms with E-state index in [1.54, 1.807) is 12.3 Å². The maximum atomic E-state index is 12.9. The minimum Gasteiger partial charge on any atom is -0.330 e. The Kier molecular flexibility index (Phi) is 6.21. The third-order valence-electron chi connectivity index (χ3n) is 5.34. The number of nitrogens with one attached hydrogen (secondary N) is 2. The van der Waals surface area contributed by atoms with Gasteiger partial charge in [0.2, 0.25) is 0 Å². The number of aromatic amines is 1. The Bertz CT molecular complexity index is 1430. The molecule has 170 valence electrons. The van der Waals surface area contributed by atoms with Crippen LogP contribution < -0.4 is 16.6 Å². The third-order valence-corrected chi connectivity index (χ3v) is 5.34. The zero-order valence-electron chi connectivity index (χ0n) is 18.8. The Morgan fingerprint density at radius 3 is 2.76 bits per heavy atom. The van der Waals surface area contributed by atoms with E-state index in [0.717, 1.165) is 11.4 Å². The molecule has 4 aromatic rings. The lowest BCUT2D eigenvalue weighted by atomic mass is 10.1. The number of fused-ring (bicyclic) bond motifs is 1. The second-order valence-corrected chi connectivity index (χ2v) is 8.23. The van der Waals surface area contributed by atoms with Crippen molar-refractivity contribution < 1.29 is 4.79 Å². The van der Waals surface area contributed by atoms with E-state index in [2.05, 4.69) is 38.7 Å². The molecule has 1 aromatic carbocycles. The van der Waals surface area contributed by atoms with Crippen LogP contribution >= 0.6 is 0 Å². The number of aryl methyl sites for hydroxylation is 1. The van der Waals surface area contributed by atoms with Gasteiger partial charge in [0.1, 0.15) is 11.5 Å². The fourth-order valence-electron chi connectivity index (χ4n) is 3.83. The standard InChI is InChI=1S/C24H26N6O3/c1-4-9-30-21-19(23(32)28-24(30)33)12-17(13-26-21)22(31)27-18-7-5-6-16(11-18)14-29-10-8-25-20(29)15(2)3/h5-8,10-13,15H,4,9,14H2,1-3H3,(H,27,31)(H,28,32,33). The lowest BCUT2D eigenvalue weighted by Crippen LogP contribution is -2.31. The summed E-state index contributed by atoms with van der Waals surface area (Å²) in [7, 11) is 0. The maximum absolute atomic E-state index is 12.9. The van der Waals surface area contributed by atoms with Crippen molar-refractivity contribution >= 4 is 22.6 Å². The van der Waals surface area contributed by atoms with Crippen LogP contribution in [0.4, 0.5) is 5.69 Å². The quantitative estimate of drug-likeness (QED) is 0.453. The van der Waals surface area contributed by atoms with Gasteiger partial charge < -0.3 is 9.88 Å². The highest BCUT2D eigenvalue weighted by Gasteiger charge is 2.14. The van der Waals surface area contributed by atoms with E-state index in [-0.39, 0.29) is 22.5 Å². The fourth-order valence-corrected chi connectivity index (χ4v) is 3.83. The number of anilines is 1. The lowest BCUT2D eigenvalue weighted by Gasteiger charge is -2.12. The smallest absolute Gasteiger partial charge is 0.329 e. The first-order chi connectivity index (χ1) is 15.9. The van der Waals surface area contributed by atoms with Gasteiger partial charge in [-0.15, -0.1) is 0 Å². The summed E-state index contributed by atoms with van der Waals surface area (Å²) >= 11 is 0. The number of pyridine rings is 1. The van der Waals surface area contributed by atoms with Crippen molar-refractivity contribution in [2.75, 3.05) is 5.32 Å². The maximum Gasteiger partial charge on any atom is 0.329 e. The first-order valence-corrected chi connectivity index (χ1v) is 10.9. The van der Waals surface area contributed by atoms with Gasteiger partial charge in [-0.25, -0.2) is 14.8 Å². The van der Waals surface area contributed by atoms with E-state index < -0.39 is 11.2 Å². The molecule has 0 spiro atoms. The summed E-state index contributed by atoms with van der Waals surface area (Å²) < 4.78 is 3.49. The van der Waals surface area contributed by atoms with Crippen molar-refractivity contribution in [3.8, 4) is 0 Å². The highest BCUT2D eigenvalue weighted by molar-refractivity contribution is 6.05. The van der Waals surface area contributed by atoms with Gasteiger partial charge in [0, 0.05) is 43.3 Å². The third kappa shape index (κ3) is 4.62. The summed E-state index contributed by atoms with van der Waals surface area (Å²) in [5.41, 5.74) is 1.09. The molecule has 3 heterocycles. The lowest BCUT2D eigenvalue weighted by molar-refractivity contribution is 0.102. The number of carbonyl (C=O) groups is 1. The number of benzene rings is 1. The largest absolute Gasteiger partial charge is 0.330 e. The van der Waals surface area contributed by atoms with Crippen molar-refractivity contribution in [2.24, 2.45) is 0 Å². The number of aromatic nitrogens is 5. The van der Waals surface area contributed by atoms with E-state index >= 15 is 0 Å². The molecule has 0 aliphatic carbocycles. The van der Waals surface area contributed by atoms with Gasteiger partial charge in [-0.2, -0.15) is 0 Å². The highest BCUT2D eigenvalue weighted by atomic mass is 16.2. The molecular weight excluding hydrogens is 420 g/mol. The van der Waals surface area contributed by atoms with Crippen molar-refractivity contribution in [1.82, 2.24) is 24.1 Å². The van der Waals surface area contributed by atoms with Crippen LogP contribution in [0.5, 0.6) is 0 Å². The van der Waals surface area contributed by atoms with Crippen LogP contribution in [0.25, 0.3) is 11.0 Å². The Morgan fingerprint density at radius 1 is 1.18 bits per heavy atom. The molecule has 0 fully saturated rings. The van der Waals surface area contributed by atoms with Crippen LogP contribution in [0.15, 0.2) is 58.5 Å². The van der Waals surface area contributed by atoms with Crippen LogP contribution in [0.3, 0.4) is 0 Å². The molecule has 9 nitrogen and oxygen atoms in total. The zero-order chi connectivity index (χ0) is 23.5. The number of hydrogen-bond acceptors (Lipinski definition) is 5.